The number of hydrogen-bond donors (Lipinski definition) is 3. The van der Waals surface area contributed by atoms with Crippen molar-refractivity contribution in [3.8, 4) is 0 Å². The number of carbonyl (C=O) groups excluding carboxylic acids is 1. The minimum Gasteiger partial charge on any atom is -0.391 e. The molecular formula is C68H140N2O6P+. The zero-order chi connectivity index (χ0) is 56.3. The third-order valence-electron chi connectivity index (χ3n) is 16.6. The van der Waals surface area contributed by atoms with E-state index in [0.29, 0.717) is 23.9 Å². The summed E-state index contributed by atoms with van der Waals surface area (Å²) < 4.78 is 23.9. The van der Waals surface area contributed by atoms with Crippen LogP contribution in [0.4, 0.5) is 0 Å². The molecule has 0 rings (SSSR count). The first-order valence-electron chi connectivity index (χ1n) is 34.9. The molecule has 9 heteroatoms. The van der Waals surface area contributed by atoms with E-state index in [9.17, 15) is 19.4 Å². The van der Waals surface area contributed by atoms with Crippen LogP contribution in [0.5, 0.6) is 0 Å². The standard InChI is InChI=1S/C68H139N2O6P/c1-6-8-10-12-14-16-18-20-22-24-26-27-28-29-30-31-32-33-34-35-36-37-38-39-40-41-42-44-46-48-50-52-54-56-58-60-62-68(72)69-66(65-76-77(73,74)75-64-63-70(3,4)5)67(71)61-59-57-55-53-51-49-47-45-43-25-23-21-19-17-15-13-11-9-7-2/h66-67,71H,6-65H2,1-5H3,(H-,69,72,73,74)/p+1. The summed E-state index contributed by atoms with van der Waals surface area (Å²) in [5.74, 6) is -0.134. The Bertz CT molecular complexity index is 1220. The van der Waals surface area contributed by atoms with Crippen molar-refractivity contribution >= 4 is 13.7 Å². The SMILES string of the molecule is CCCCCCCCCCCCCCCCCCCCCCCCCCCCCCCCCCCCCCC(=O)NC(COP(=O)(O)OCC[N+](C)(C)C)C(O)CCCCCCCCCCCCCCCCCCCCC. The van der Waals surface area contributed by atoms with Crippen molar-refractivity contribution in [3.63, 3.8) is 0 Å². The lowest BCUT2D eigenvalue weighted by atomic mass is 10.0. The van der Waals surface area contributed by atoms with Gasteiger partial charge in [0.05, 0.1) is 39.9 Å². The van der Waals surface area contributed by atoms with E-state index in [2.05, 4.69) is 19.2 Å². The van der Waals surface area contributed by atoms with Crippen LogP contribution in [0.3, 0.4) is 0 Å². The lowest BCUT2D eigenvalue weighted by Gasteiger charge is -2.26. The van der Waals surface area contributed by atoms with Crippen molar-refractivity contribution in [2.24, 2.45) is 0 Å². The van der Waals surface area contributed by atoms with Gasteiger partial charge in [0.15, 0.2) is 0 Å². The number of phosphoric ester groups is 1. The highest BCUT2D eigenvalue weighted by Gasteiger charge is 2.28. The molecule has 0 aliphatic carbocycles. The van der Waals surface area contributed by atoms with Crippen molar-refractivity contribution in [1.82, 2.24) is 5.32 Å². The van der Waals surface area contributed by atoms with Crippen molar-refractivity contribution < 1.29 is 32.9 Å². The zero-order valence-electron chi connectivity index (χ0n) is 53.0. The highest BCUT2D eigenvalue weighted by molar-refractivity contribution is 7.47. The summed E-state index contributed by atoms with van der Waals surface area (Å²) in [7, 11) is 1.64. The maximum Gasteiger partial charge on any atom is 0.472 e. The molecule has 0 spiro atoms. The van der Waals surface area contributed by atoms with E-state index in [1.807, 2.05) is 21.1 Å². The minimum absolute atomic E-state index is 0.0793. The van der Waals surface area contributed by atoms with E-state index in [4.69, 9.17) is 9.05 Å². The van der Waals surface area contributed by atoms with Gasteiger partial charge in [-0.3, -0.25) is 13.8 Å². The Morgan fingerprint density at radius 2 is 0.623 bits per heavy atom. The molecule has 0 heterocycles. The van der Waals surface area contributed by atoms with Gasteiger partial charge in [0.2, 0.25) is 5.91 Å². The van der Waals surface area contributed by atoms with E-state index in [0.717, 1.165) is 38.5 Å². The van der Waals surface area contributed by atoms with Gasteiger partial charge >= 0.3 is 7.82 Å². The van der Waals surface area contributed by atoms with Crippen LogP contribution in [-0.4, -0.2) is 73.4 Å². The summed E-state index contributed by atoms with van der Waals surface area (Å²) in [6.45, 7) is 4.96. The third kappa shape index (κ3) is 62.9. The van der Waals surface area contributed by atoms with Gasteiger partial charge in [-0.05, 0) is 12.8 Å². The number of likely N-dealkylation sites (N-methyl/N-ethyl adjacent to an activating group) is 1. The van der Waals surface area contributed by atoms with E-state index >= 15 is 0 Å². The summed E-state index contributed by atoms with van der Waals surface area (Å²) in [4.78, 5) is 23.4. The quantitative estimate of drug-likeness (QED) is 0.0318. The molecule has 8 nitrogen and oxygen atoms in total. The normalized spacial score (nSPS) is 13.6. The molecule has 3 N–H and O–H groups in total. The molecule has 0 aliphatic heterocycles. The summed E-state index contributed by atoms with van der Waals surface area (Å²) in [5.41, 5.74) is 0. The largest absolute Gasteiger partial charge is 0.472 e. The van der Waals surface area contributed by atoms with E-state index in [1.165, 1.54) is 315 Å². The summed E-state index contributed by atoms with van der Waals surface area (Å²) >= 11 is 0. The number of nitrogens with zero attached hydrogens (tertiary/aromatic N) is 1. The van der Waals surface area contributed by atoms with Gasteiger partial charge < -0.3 is 19.8 Å². The molecule has 1 amide bonds. The Hall–Kier alpha value is -0.500. The first kappa shape index (κ1) is 76.5. The molecule has 3 unspecified atom stereocenters. The Balaban J connectivity index is 3.90. The Morgan fingerprint density at radius 1 is 0.390 bits per heavy atom. The van der Waals surface area contributed by atoms with Gasteiger partial charge in [0, 0.05) is 6.42 Å². The van der Waals surface area contributed by atoms with Gasteiger partial charge in [-0.1, -0.05) is 361 Å². The summed E-state index contributed by atoms with van der Waals surface area (Å²) in [6, 6.07) is -0.756. The summed E-state index contributed by atoms with van der Waals surface area (Å²) in [5, 5.41) is 14.1. The van der Waals surface area contributed by atoms with Crippen LogP contribution in [0.2, 0.25) is 0 Å². The molecule has 3 atom stereocenters. The fourth-order valence-electron chi connectivity index (χ4n) is 11.2. The average molecular weight is 1110 g/mol. The van der Waals surface area contributed by atoms with Crippen LogP contribution >= 0.6 is 7.82 Å². The predicted octanol–water partition coefficient (Wildman–Crippen LogP) is 21.9. The highest BCUT2D eigenvalue weighted by atomic mass is 31.2. The topological polar surface area (TPSA) is 105 Å². The van der Waals surface area contributed by atoms with E-state index in [-0.39, 0.29) is 19.1 Å². The Morgan fingerprint density at radius 3 is 0.870 bits per heavy atom. The predicted molar refractivity (Wildman–Crippen MR) is 337 cm³/mol. The van der Waals surface area contributed by atoms with Crippen LogP contribution in [0, 0.1) is 0 Å². The molecule has 0 fully saturated rings. The first-order chi connectivity index (χ1) is 37.5. The molecular weight excluding hydrogens is 972 g/mol. The second-order valence-corrected chi connectivity index (χ2v) is 27.1. The average Bonchev–Trinajstić information content (AvgIpc) is 3.39. The lowest BCUT2D eigenvalue weighted by molar-refractivity contribution is -0.870. The van der Waals surface area contributed by atoms with Crippen LogP contribution in [-0.2, 0) is 18.4 Å². The number of unbranched alkanes of at least 4 members (excludes halogenated alkanes) is 53. The van der Waals surface area contributed by atoms with Gasteiger partial charge in [0.1, 0.15) is 13.2 Å². The van der Waals surface area contributed by atoms with Crippen molar-refractivity contribution in [2.75, 3.05) is 40.9 Å². The number of aliphatic hydroxyl groups excluding tert-OH is 1. The summed E-state index contributed by atoms with van der Waals surface area (Å²) in [6.07, 6.45) is 75.0. The number of hydrogen-bond acceptors (Lipinski definition) is 5. The molecule has 0 bridgehead atoms. The van der Waals surface area contributed by atoms with Crippen LogP contribution in [0.15, 0.2) is 0 Å². The van der Waals surface area contributed by atoms with Crippen LogP contribution < -0.4 is 5.32 Å². The number of quaternary nitrogens is 1. The van der Waals surface area contributed by atoms with Gasteiger partial charge in [-0.2, -0.15) is 0 Å². The molecule has 77 heavy (non-hydrogen) atoms. The minimum atomic E-state index is -4.32. The van der Waals surface area contributed by atoms with Gasteiger partial charge in [-0.25, -0.2) is 4.57 Å². The number of carbonyl (C=O) groups is 1. The Labute approximate surface area is 482 Å². The van der Waals surface area contributed by atoms with E-state index in [1.54, 1.807) is 0 Å². The molecule has 0 aromatic rings. The zero-order valence-corrected chi connectivity index (χ0v) is 53.9. The number of phosphoric acid groups is 1. The number of aliphatic hydroxyl groups is 1. The Kier molecular flexibility index (Phi) is 59.7. The molecule has 462 valence electrons. The maximum absolute atomic E-state index is 13.1. The van der Waals surface area contributed by atoms with Crippen LogP contribution in [0.1, 0.15) is 380 Å². The monoisotopic (exact) mass is 1110 g/mol. The fraction of sp³-hybridized carbons (Fsp3) is 0.985. The second-order valence-electron chi connectivity index (χ2n) is 25.6. The number of rotatable bonds is 66. The van der Waals surface area contributed by atoms with Gasteiger partial charge in [-0.15, -0.1) is 0 Å². The third-order valence-corrected chi connectivity index (χ3v) is 17.6. The smallest absolute Gasteiger partial charge is 0.391 e. The van der Waals surface area contributed by atoms with Crippen molar-refractivity contribution in [3.05, 3.63) is 0 Å². The van der Waals surface area contributed by atoms with Crippen molar-refractivity contribution in [1.29, 1.82) is 0 Å². The van der Waals surface area contributed by atoms with E-state index < -0.39 is 20.0 Å². The highest BCUT2D eigenvalue weighted by Crippen LogP contribution is 2.43. The number of amides is 1. The first-order valence-corrected chi connectivity index (χ1v) is 36.4. The molecule has 0 aromatic heterocycles. The molecule has 0 saturated carbocycles. The van der Waals surface area contributed by atoms with Crippen LogP contribution in [0.25, 0.3) is 0 Å². The number of nitrogens with one attached hydrogen (secondary N) is 1. The molecule has 0 saturated heterocycles. The van der Waals surface area contributed by atoms with Gasteiger partial charge in [0.25, 0.3) is 0 Å². The second kappa shape index (κ2) is 60.1. The van der Waals surface area contributed by atoms with Crippen molar-refractivity contribution in [2.45, 2.75) is 392 Å². The molecule has 0 aliphatic rings. The lowest BCUT2D eigenvalue weighted by Crippen LogP contribution is -2.46. The fourth-order valence-corrected chi connectivity index (χ4v) is 11.9. The molecule has 0 radical (unpaired) electrons. The molecule has 0 aromatic carbocycles. The maximum atomic E-state index is 13.1.